The molecule has 0 aliphatic rings. The summed E-state index contributed by atoms with van der Waals surface area (Å²) in [6, 6.07) is 25.6. The summed E-state index contributed by atoms with van der Waals surface area (Å²) >= 11 is 3.31. The largest absolute Gasteiger partial charge is 0.256 e. The first-order valence-corrected chi connectivity index (χ1v) is 8.62. The molecule has 0 unspecified atom stereocenters. The molecular weight excluding hydrogens is 374 g/mol. The lowest BCUT2D eigenvalue weighted by molar-refractivity contribution is 1.23. The van der Waals surface area contributed by atoms with Crippen LogP contribution in [0.25, 0.3) is 22.6 Å². The molecule has 0 amide bonds. The third kappa shape index (κ3) is 4.81. The molecule has 0 atom stereocenters. The molecule has 3 nitrogen and oxygen atoms in total. The quantitative estimate of drug-likeness (QED) is 0.444. The molecule has 0 N–H and O–H groups in total. The van der Waals surface area contributed by atoms with Gasteiger partial charge in [0.25, 0.3) is 0 Å². The van der Waals surface area contributed by atoms with Gasteiger partial charge in [-0.05, 0) is 48.5 Å². The van der Waals surface area contributed by atoms with Crippen LogP contribution in [0.2, 0.25) is 0 Å². The number of halogens is 1. The van der Waals surface area contributed by atoms with E-state index in [1.54, 1.807) is 18.6 Å². The summed E-state index contributed by atoms with van der Waals surface area (Å²) in [7, 11) is 0. The van der Waals surface area contributed by atoms with Gasteiger partial charge in [0.1, 0.15) is 0 Å². The lowest BCUT2D eigenvalue weighted by Gasteiger charge is -2.06. The standard InChI is InChI=1S/C15H11N3.C6H5Br/c1-3-9-16-13(7-1)12-6-5-11-18-15(12)14-8-2-4-10-17-14;7-6-4-2-1-3-5-6/h1-11H;1-5H. The molecule has 122 valence electrons. The molecule has 0 spiro atoms. The van der Waals surface area contributed by atoms with E-state index in [0.29, 0.717) is 0 Å². The summed E-state index contributed by atoms with van der Waals surface area (Å²) in [6.07, 6.45) is 5.33. The van der Waals surface area contributed by atoms with Crippen molar-refractivity contribution >= 4 is 15.9 Å². The summed E-state index contributed by atoms with van der Waals surface area (Å²) in [6.45, 7) is 0. The van der Waals surface area contributed by atoms with Crippen molar-refractivity contribution in [2.24, 2.45) is 0 Å². The molecule has 0 aliphatic carbocycles. The number of rotatable bonds is 2. The van der Waals surface area contributed by atoms with E-state index in [2.05, 4.69) is 30.9 Å². The van der Waals surface area contributed by atoms with Crippen LogP contribution in [0.3, 0.4) is 0 Å². The van der Waals surface area contributed by atoms with Gasteiger partial charge in [-0.25, -0.2) is 0 Å². The molecule has 4 aromatic rings. The van der Waals surface area contributed by atoms with Gasteiger partial charge < -0.3 is 0 Å². The van der Waals surface area contributed by atoms with Gasteiger partial charge in [0.2, 0.25) is 0 Å². The Labute approximate surface area is 155 Å². The zero-order chi connectivity index (χ0) is 17.3. The van der Waals surface area contributed by atoms with Gasteiger partial charge in [-0.15, -0.1) is 0 Å². The molecule has 3 heterocycles. The molecule has 4 heteroatoms. The summed E-state index contributed by atoms with van der Waals surface area (Å²) in [5.74, 6) is 0. The SMILES string of the molecule is Brc1ccccc1.c1ccc(-c2cccnc2-c2ccccn2)nc1. The predicted octanol–water partition coefficient (Wildman–Crippen LogP) is 5.65. The summed E-state index contributed by atoms with van der Waals surface area (Å²) in [4.78, 5) is 13.1. The number of benzene rings is 1. The molecule has 0 fully saturated rings. The van der Waals surface area contributed by atoms with E-state index in [1.807, 2.05) is 78.9 Å². The van der Waals surface area contributed by atoms with Crippen molar-refractivity contribution in [3.63, 3.8) is 0 Å². The second kappa shape index (κ2) is 8.85. The zero-order valence-electron chi connectivity index (χ0n) is 13.5. The first-order valence-electron chi connectivity index (χ1n) is 7.83. The van der Waals surface area contributed by atoms with Gasteiger partial charge in [-0.2, -0.15) is 0 Å². The number of hydrogen-bond acceptors (Lipinski definition) is 3. The van der Waals surface area contributed by atoms with Crippen LogP contribution in [0.4, 0.5) is 0 Å². The van der Waals surface area contributed by atoms with Crippen LogP contribution in [0.1, 0.15) is 0 Å². The minimum absolute atomic E-state index is 0.858. The average molecular weight is 390 g/mol. The highest BCUT2D eigenvalue weighted by molar-refractivity contribution is 9.10. The highest BCUT2D eigenvalue weighted by Gasteiger charge is 2.09. The fraction of sp³-hybridized carbons (Fsp3) is 0. The van der Waals surface area contributed by atoms with Gasteiger partial charge in [-0.3, -0.25) is 15.0 Å². The smallest absolute Gasteiger partial charge is 0.0980 e. The van der Waals surface area contributed by atoms with Crippen LogP contribution in [0.5, 0.6) is 0 Å². The predicted molar refractivity (Wildman–Crippen MR) is 105 cm³/mol. The third-order valence-corrected chi connectivity index (χ3v) is 3.92. The van der Waals surface area contributed by atoms with Gasteiger partial charge >= 0.3 is 0 Å². The van der Waals surface area contributed by atoms with Crippen LogP contribution in [-0.4, -0.2) is 15.0 Å². The lowest BCUT2D eigenvalue weighted by atomic mass is 10.1. The molecule has 1 aromatic carbocycles. The van der Waals surface area contributed by atoms with E-state index in [-0.39, 0.29) is 0 Å². The van der Waals surface area contributed by atoms with Crippen molar-refractivity contribution in [3.8, 4) is 22.6 Å². The Morgan fingerprint density at radius 1 is 0.520 bits per heavy atom. The Bertz CT molecular complexity index is 839. The zero-order valence-corrected chi connectivity index (χ0v) is 15.0. The molecule has 0 radical (unpaired) electrons. The number of nitrogens with zero attached hydrogens (tertiary/aromatic N) is 3. The van der Waals surface area contributed by atoms with E-state index in [1.165, 1.54) is 0 Å². The summed E-state index contributed by atoms with van der Waals surface area (Å²) in [5, 5.41) is 0. The van der Waals surface area contributed by atoms with Crippen molar-refractivity contribution in [2.45, 2.75) is 0 Å². The van der Waals surface area contributed by atoms with E-state index in [0.717, 1.165) is 27.1 Å². The van der Waals surface area contributed by atoms with Crippen molar-refractivity contribution in [1.82, 2.24) is 15.0 Å². The monoisotopic (exact) mass is 389 g/mol. The molecule has 0 aliphatic heterocycles. The van der Waals surface area contributed by atoms with E-state index in [4.69, 9.17) is 0 Å². The Morgan fingerprint density at radius 3 is 1.68 bits per heavy atom. The van der Waals surface area contributed by atoms with Gasteiger partial charge in [0.05, 0.1) is 17.1 Å². The second-order valence-electron chi connectivity index (χ2n) is 5.13. The van der Waals surface area contributed by atoms with Crippen LogP contribution >= 0.6 is 15.9 Å². The van der Waals surface area contributed by atoms with E-state index >= 15 is 0 Å². The molecule has 0 saturated carbocycles. The number of hydrogen-bond donors (Lipinski definition) is 0. The number of pyridine rings is 3. The van der Waals surface area contributed by atoms with Crippen molar-refractivity contribution in [3.05, 3.63) is 102 Å². The Kier molecular flexibility index (Phi) is 6.01. The van der Waals surface area contributed by atoms with Gasteiger partial charge in [0.15, 0.2) is 0 Å². The van der Waals surface area contributed by atoms with E-state index < -0.39 is 0 Å². The van der Waals surface area contributed by atoms with Crippen LogP contribution in [0.15, 0.2) is 102 Å². The average Bonchev–Trinajstić information content (AvgIpc) is 2.70. The molecule has 25 heavy (non-hydrogen) atoms. The van der Waals surface area contributed by atoms with Crippen LogP contribution in [-0.2, 0) is 0 Å². The third-order valence-electron chi connectivity index (χ3n) is 3.39. The molecule has 4 rings (SSSR count). The Hall–Kier alpha value is -2.85. The van der Waals surface area contributed by atoms with E-state index in [9.17, 15) is 0 Å². The summed E-state index contributed by atoms with van der Waals surface area (Å²) in [5.41, 5.74) is 3.62. The Morgan fingerprint density at radius 2 is 1.12 bits per heavy atom. The highest BCUT2D eigenvalue weighted by atomic mass is 79.9. The number of aromatic nitrogens is 3. The van der Waals surface area contributed by atoms with Crippen molar-refractivity contribution in [1.29, 1.82) is 0 Å². The minimum Gasteiger partial charge on any atom is -0.256 e. The van der Waals surface area contributed by atoms with Crippen LogP contribution < -0.4 is 0 Å². The van der Waals surface area contributed by atoms with Gasteiger partial charge in [0, 0.05) is 28.6 Å². The van der Waals surface area contributed by atoms with Crippen molar-refractivity contribution in [2.75, 3.05) is 0 Å². The highest BCUT2D eigenvalue weighted by Crippen LogP contribution is 2.26. The maximum absolute atomic E-state index is 4.42. The second-order valence-corrected chi connectivity index (χ2v) is 6.04. The van der Waals surface area contributed by atoms with Crippen molar-refractivity contribution < 1.29 is 0 Å². The fourth-order valence-corrected chi connectivity index (χ4v) is 2.56. The molecule has 3 aromatic heterocycles. The Balaban J connectivity index is 0.000000219. The minimum atomic E-state index is 0.858. The topological polar surface area (TPSA) is 38.7 Å². The molecule has 0 saturated heterocycles. The normalized spacial score (nSPS) is 9.80. The fourth-order valence-electron chi connectivity index (χ4n) is 2.26. The van der Waals surface area contributed by atoms with Gasteiger partial charge in [-0.1, -0.05) is 46.3 Å². The molecular formula is C21H16BrN3. The maximum atomic E-state index is 4.42. The van der Waals surface area contributed by atoms with Crippen LogP contribution in [0, 0.1) is 0 Å². The lowest BCUT2D eigenvalue weighted by Crippen LogP contribution is -1.92. The first kappa shape index (κ1) is 17.0. The summed E-state index contributed by atoms with van der Waals surface area (Å²) < 4.78 is 1.13. The molecule has 0 bridgehead atoms. The maximum Gasteiger partial charge on any atom is 0.0980 e. The first-order chi connectivity index (χ1) is 12.3.